The van der Waals surface area contributed by atoms with Crippen molar-refractivity contribution in [1.29, 1.82) is 0 Å². The van der Waals surface area contributed by atoms with Gasteiger partial charge in [-0.3, -0.25) is 0 Å². The standard InChI is InChI=1S/C8H11ClNP/c1-10(2)8-6(9)4-3-5-7(8)11/h3-5H,11H2,1-2H3. The van der Waals surface area contributed by atoms with Crippen molar-refractivity contribution in [3.63, 3.8) is 0 Å². The van der Waals surface area contributed by atoms with E-state index < -0.39 is 0 Å². The molecule has 0 N–H and O–H groups in total. The normalized spacial score (nSPS) is 9.82. The van der Waals surface area contributed by atoms with Gasteiger partial charge in [-0.2, -0.15) is 0 Å². The van der Waals surface area contributed by atoms with E-state index >= 15 is 0 Å². The van der Waals surface area contributed by atoms with Gasteiger partial charge in [-0.15, -0.1) is 9.24 Å². The Morgan fingerprint density at radius 3 is 2.36 bits per heavy atom. The molecule has 1 nitrogen and oxygen atoms in total. The molecule has 0 aromatic heterocycles. The third-order valence-corrected chi connectivity index (χ3v) is 2.24. The summed E-state index contributed by atoms with van der Waals surface area (Å²) in [6.07, 6.45) is 0. The highest BCUT2D eigenvalue weighted by Crippen LogP contribution is 2.22. The minimum absolute atomic E-state index is 0.794. The third-order valence-electron chi connectivity index (χ3n) is 1.47. The lowest BCUT2D eigenvalue weighted by atomic mass is 10.3. The van der Waals surface area contributed by atoms with Crippen molar-refractivity contribution < 1.29 is 0 Å². The molecule has 0 spiro atoms. The Morgan fingerprint density at radius 1 is 1.36 bits per heavy atom. The summed E-state index contributed by atoms with van der Waals surface area (Å²) in [6, 6.07) is 5.86. The van der Waals surface area contributed by atoms with E-state index in [2.05, 4.69) is 9.24 Å². The fourth-order valence-corrected chi connectivity index (χ4v) is 1.97. The molecule has 0 bridgehead atoms. The molecule has 3 heteroatoms. The van der Waals surface area contributed by atoms with Crippen LogP contribution in [0.1, 0.15) is 0 Å². The van der Waals surface area contributed by atoms with Gasteiger partial charge in [-0.05, 0) is 11.4 Å². The predicted molar refractivity (Wildman–Crippen MR) is 55.1 cm³/mol. The summed E-state index contributed by atoms with van der Waals surface area (Å²) in [5.74, 6) is 0. The first-order valence-corrected chi connectivity index (χ1v) is 4.30. The Balaban J connectivity index is 3.21. The first-order chi connectivity index (χ1) is 5.13. The van der Waals surface area contributed by atoms with Crippen LogP contribution >= 0.6 is 20.8 Å². The maximum absolute atomic E-state index is 5.97. The second-order valence-corrected chi connectivity index (χ2v) is 3.60. The zero-order valence-electron chi connectivity index (χ0n) is 6.63. The van der Waals surface area contributed by atoms with Gasteiger partial charge in [0.1, 0.15) is 0 Å². The highest BCUT2D eigenvalue weighted by Gasteiger charge is 2.03. The van der Waals surface area contributed by atoms with Crippen LogP contribution in [-0.2, 0) is 0 Å². The number of rotatable bonds is 1. The minimum Gasteiger partial charge on any atom is -0.376 e. The van der Waals surface area contributed by atoms with Crippen LogP contribution in [0.5, 0.6) is 0 Å². The van der Waals surface area contributed by atoms with Crippen LogP contribution in [0.3, 0.4) is 0 Å². The molecule has 1 aromatic rings. The maximum atomic E-state index is 5.97. The molecule has 1 aromatic carbocycles. The van der Waals surface area contributed by atoms with E-state index in [4.69, 9.17) is 11.6 Å². The van der Waals surface area contributed by atoms with Gasteiger partial charge in [-0.25, -0.2) is 0 Å². The van der Waals surface area contributed by atoms with Crippen LogP contribution < -0.4 is 10.2 Å². The Kier molecular flexibility index (Phi) is 2.75. The molecule has 0 radical (unpaired) electrons. The molecule has 1 atom stereocenters. The first kappa shape index (κ1) is 8.83. The average Bonchev–Trinajstić information content (AvgIpc) is 1.85. The van der Waals surface area contributed by atoms with Crippen LogP contribution in [0.2, 0.25) is 5.02 Å². The fourth-order valence-electron chi connectivity index (χ4n) is 1.00. The lowest BCUT2D eigenvalue weighted by Gasteiger charge is -2.16. The quantitative estimate of drug-likeness (QED) is 0.607. The van der Waals surface area contributed by atoms with Gasteiger partial charge in [0.25, 0.3) is 0 Å². The zero-order chi connectivity index (χ0) is 8.43. The summed E-state index contributed by atoms with van der Waals surface area (Å²) < 4.78 is 0. The van der Waals surface area contributed by atoms with Crippen molar-refractivity contribution in [2.45, 2.75) is 0 Å². The average molecular weight is 188 g/mol. The molecule has 0 aliphatic heterocycles. The molecule has 0 heterocycles. The number of benzene rings is 1. The molecular formula is C8H11ClNP. The molecule has 0 aliphatic carbocycles. The minimum atomic E-state index is 0.794. The molecule has 1 rings (SSSR count). The molecule has 0 fully saturated rings. The van der Waals surface area contributed by atoms with Gasteiger partial charge in [-0.1, -0.05) is 23.7 Å². The first-order valence-electron chi connectivity index (χ1n) is 3.34. The van der Waals surface area contributed by atoms with Crippen molar-refractivity contribution in [2.24, 2.45) is 0 Å². The van der Waals surface area contributed by atoms with Crippen LogP contribution in [0.25, 0.3) is 0 Å². The predicted octanol–water partition coefficient (Wildman–Crippen LogP) is 1.91. The summed E-state index contributed by atoms with van der Waals surface area (Å²) in [7, 11) is 6.63. The van der Waals surface area contributed by atoms with E-state index in [-0.39, 0.29) is 0 Å². The van der Waals surface area contributed by atoms with Crippen molar-refractivity contribution >= 4 is 31.8 Å². The van der Waals surface area contributed by atoms with Gasteiger partial charge in [0.15, 0.2) is 0 Å². The summed E-state index contributed by atoms with van der Waals surface area (Å²) in [5, 5.41) is 1.92. The van der Waals surface area contributed by atoms with Gasteiger partial charge >= 0.3 is 0 Å². The number of halogens is 1. The number of hydrogen-bond acceptors (Lipinski definition) is 1. The van der Waals surface area contributed by atoms with E-state index in [1.165, 1.54) is 0 Å². The van der Waals surface area contributed by atoms with Gasteiger partial charge in [0.05, 0.1) is 10.7 Å². The molecular weight excluding hydrogens is 177 g/mol. The SMILES string of the molecule is CN(C)c1c(P)cccc1Cl. The van der Waals surface area contributed by atoms with Crippen LogP contribution in [-0.4, -0.2) is 14.1 Å². The van der Waals surface area contributed by atoms with Crippen molar-refractivity contribution in [1.82, 2.24) is 0 Å². The van der Waals surface area contributed by atoms with Crippen molar-refractivity contribution in [3.05, 3.63) is 23.2 Å². The van der Waals surface area contributed by atoms with E-state index in [1.54, 1.807) is 0 Å². The van der Waals surface area contributed by atoms with Gasteiger partial charge in [0.2, 0.25) is 0 Å². The molecule has 0 amide bonds. The topological polar surface area (TPSA) is 3.24 Å². The van der Waals surface area contributed by atoms with Crippen LogP contribution in [0.15, 0.2) is 18.2 Å². The number of anilines is 1. The summed E-state index contributed by atoms with van der Waals surface area (Å²) in [4.78, 5) is 2.00. The highest BCUT2D eigenvalue weighted by atomic mass is 35.5. The maximum Gasteiger partial charge on any atom is 0.0645 e. The monoisotopic (exact) mass is 187 g/mol. The fraction of sp³-hybridized carbons (Fsp3) is 0.250. The van der Waals surface area contributed by atoms with E-state index in [0.29, 0.717) is 0 Å². The number of nitrogens with zero attached hydrogens (tertiary/aromatic N) is 1. The summed E-state index contributed by atoms with van der Waals surface area (Å²) in [6.45, 7) is 0. The number of para-hydroxylation sites is 1. The number of hydrogen-bond donors (Lipinski definition) is 0. The molecule has 1 unspecified atom stereocenters. The molecule has 60 valence electrons. The van der Waals surface area contributed by atoms with Crippen molar-refractivity contribution in [2.75, 3.05) is 19.0 Å². The Labute approximate surface area is 74.6 Å². The Bertz CT molecular complexity index is 240. The lowest BCUT2D eigenvalue weighted by molar-refractivity contribution is 1.14. The molecule has 0 saturated heterocycles. The summed E-state index contributed by atoms with van der Waals surface area (Å²) >= 11 is 5.97. The molecule has 0 saturated carbocycles. The largest absolute Gasteiger partial charge is 0.376 e. The smallest absolute Gasteiger partial charge is 0.0645 e. The molecule has 0 aliphatic rings. The Morgan fingerprint density at radius 2 is 2.00 bits per heavy atom. The van der Waals surface area contributed by atoms with Gasteiger partial charge < -0.3 is 4.90 Å². The van der Waals surface area contributed by atoms with E-state index in [1.807, 2.05) is 37.2 Å². The highest BCUT2D eigenvalue weighted by molar-refractivity contribution is 7.28. The van der Waals surface area contributed by atoms with Crippen molar-refractivity contribution in [3.8, 4) is 0 Å². The van der Waals surface area contributed by atoms with Crippen LogP contribution in [0.4, 0.5) is 5.69 Å². The second-order valence-electron chi connectivity index (χ2n) is 2.57. The van der Waals surface area contributed by atoms with Gasteiger partial charge in [0, 0.05) is 14.1 Å². The van der Waals surface area contributed by atoms with E-state index in [0.717, 1.165) is 16.0 Å². The third kappa shape index (κ3) is 1.85. The summed E-state index contributed by atoms with van der Waals surface area (Å²) in [5.41, 5.74) is 1.07. The second kappa shape index (κ2) is 3.42. The lowest BCUT2D eigenvalue weighted by Crippen LogP contribution is -2.15. The van der Waals surface area contributed by atoms with E-state index in [9.17, 15) is 0 Å². The Hall–Kier alpha value is -0.260. The molecule has 11 heavy (non-hydrogen) atoms. The van der Waals surface area contributed by atoms with Crippen LogP contribution in [0, 0.1) is 0 Å². The zero-order valence-corrected chi connectivity index (χ0v) is 8.55.